The first-order chi connectivity index (χ1) is 17.2. The Morgan fingerprint density at radius 1 is 1.20 bits per heavy atom. The smallest absolute Gasteiger partial charge is 0.292 e. The lowest BCUT2D eigenvalue weighted by Gasteiger charge is -2.33. The Hall–Kier alpha value is -3.08. The minimum atomic E-state index is -0.357. The Morgan fingerprint density at radius 3 is 2.91 bits per heavy atom. The number of carbonyl (C=O) groups excluding carboxylic acids is 1. The van der Waals surface area contributed by atoms with Crippen LogP contribution < -0.4 is 0 Å². The van der Waals surface area contributed by atoms with Crippen LogP contribution in [-0.2, 0) is 17.6 Å². The fraction of sp³-hybridized carbons (Fsp3) is 0.440. The number of aromatic amines is 1. The molecule has 9 nitrogen and oxygen atoms in total. The summed E-state index contributed by atoms with van der Waals surface area (Å²) in [6.45, 7) is 6.89. The van der Waals surface area contributed by atoms with E-state index in [9.17, 15) is 4.79 Å². The van der Waals surface area contributed by atoms with Crippen LogP contribution in [0.5, 0.6) is 0 Å². The number of nitrogens with one attached hydrogen (secondary N) is 1. The Labute approximate surface area is 207 Å². The number of hydrogen-bond donors (Lipinski definition) is 1. The largest absolute Gasteiger partial charge is 0.435 e. The van der Waals surface area contributed by atoms with Gasteiger partial charge in [0.2, 0.25) is 5.76 Å². The SMILES string of the molecule is Cc1nc(CCCN2CCOCC2)oc1C(=O)N1CCc2[nH]cnc2[C@H]1c1nc2ccccc2s1. The molecule has 1 fully saturated rings. The van der Waals surface area contributed by atoms with Gasteiger partial charge in [-0.05, 0) is 32.0 Å². The molecule has 0 aliphatic carbocycles. The molecule has 3 aromatic heterocycles. The second kappa shape index (κ2) is 9.52. The molecule has 1 atom stereocenters. The van der Waals surface area contributed by atoms with Crippen molar-refractivity contribution < 1.29 is 13.9 Å². The van der Waals surface area contributed by atoms with E-state index in [-0.39, 0.29) is 11.9 Å². The van der Waals surface area contributed by atoms with Gasteiger partial charge in [-0.2, -0.15) is 0 Å². The Morgan fingerprint density at radius 2 is 2.06 bits per heavy atom. The van der Waals surface area contributed by atoms with Crippen molar-refractivity contribution in [1.82, 2.24) is 29.7 Å². The average Bonchev–Trinajstić information content (AvgIpc) is 3.61. The van der Waals surface area contributed by atoms with Gasteiger partial charge in [0, 0.05) is 38.2 Å². The van der Waals surface area contributed by atoms with Gasteiger partial charge in [-0.15, -0.1) is 11.3 Å². The summed E-state index contributed by atoms with van der Waals surface area (Å²) < 4.78 is 12.6. The highest BCUT2D eigenvalue weighted by Gasteiger charge is 2.38. The van der Waals surface area contributed by atoms with Crippen LogP contribution in [0.3, 0.4) is 0 Å². The van der Waals surface area contributed by atoms with Crippen molar-refractivity contribution in [3.63, 3.8) is 0 Å². The number of carbonyl (C=O) groups is 1. The molecule has 1 amide bonds. The Kier molecular flexibility index (Phi) is 6.09. The normalized spacial score (nSPS) is 18.8. The van der Waals surface area contributed by atoms with Gasteiger partial charge >= 0.3 is 0 Å². The molecule has 4 aromatic rings. The van der Waals surface area contributed by atoms with Crippen molar-refractivity contribution in [3.8, 4) is 0 Å². The zero-order valence-electron chi connectivity index (χ0n) is 19.7. The van der Waals surface area contributed by atoms with E-state index in [1.807, 2.05) is 30.0 Å². The zero-order valence-corrected chi connectivity index (χ0v) is 20.5. The minimum absolute atomic E-state index is 0.160. The number of oxazole rings is 1. The molecule has 1 N–H and O–H groups in total. The maximum atomic E-state index is 13.8. The van der Waals surface area contributed by atoms with Crippen molar-refractivity contribution in [2.75, 3.05) is 39.4 Å². The number of aromatic nitrogens is 4. The monoisotopic (exact) mass is 492 g/mol. The number of benzene rings is 1. The third kappa shape index (κ3) is 4.37. The first kappa shape index (κ1) is 22.4. The topological polar surface area (TPSA) is 100 Å². The zero-order chi connectivity index (χ0) is 23.8. The molecule has 10 heteroatoms. The summed E-state index contributed by atoms with van der Waals surface area (Å²) in [6.07, 6.45) is 4.05. The van der Waals surface area contributed by atoms with Crippen LogP contribution in [0, 0.1) is 6.92 Å². The molecule has 0 spiro atoms. The Bertz CT molecular complexity index is 1300. The van der Waals surface area contributed by atoms with E-state index in [0.29, 0.717) is 36.7 Å². The molecule has 2 aliphatic heterocycles. The van der Waals surface area contributed by atoms with E-state index < -0.39 is 0 Å². The van der Waals surface area contributed by atoms with Crippen molar-refractivity contribution in [2.45, 2.75) is 32.2 Å². The maximum Gasteiger partial charge on any atom is 0.292 e. The molecule has 1 aromatic carbocycles. The first-order valence-electron chi connectivity index (χ1n) is 12.1. The van der Waals surface area contributed by atoms with Crippen LogP contribution in [0.25, 0.3) is 10.2 Å². The maximum absolute atomic E-state index is 13.8. The van der Waals surface area contributed by atoms with Gasteiger partial charge in [-0.1, -0.05) is 12.1 Å². The molecule has 1 saturated heterocycles. The third-order valence-electron chi connectivity index (χ3n) is 6.73. The molecule has 0 radical (unpaired) electrons. The van der Waals surface area contributed by atoms with Crippen LogP contribution >= 0.6 is 11.3 Å². The number of imidazole rings is 1. The number of para-hydroxylation sites is 1. The predicted octanol–water partition coefficient (Wildman–Crippen LogP) is 3.37. The lowest BCUT2D eigenvalue weighted by Crippen LogP contribution is -2.40. The van der Waals surface area contributed by atoms with E-state index >= 15 is 0 Å². The minimum Gasteiger partial charge on any atom is -0.435 e. The molecular weight excluding hydrogens is 464 g/mol. The van der Waals surface area contributed by atoms with Gasteiger partial charge in [0.1, 0.15) is 11.0 Å². The van der Waals surface area contributed by atoms with Crippen molar-refractivity contribution in [1.29, 1.82) is 0 Å². The number of rotatable bonds is 6. The summed E-state index contributed by atoms with van der Waals surface area (Å²) >= 11 is 1.60. The number of H-pyrrole nitrogens is 1. The van der Waals surface area contributed by atoms with Gasteiger partial charge in [0.05, 0.1) is 41.1 Å². The standard InChI is InChI=1S/C25H28N6O3S/c1-16-23(34-20(28-16)7-4-9-30-11-13-33-14-12-30)25(32)31-10-8-18-21(27-15-26-18)22(31)24-29-17-5-2-3-6-19(17)35-24/h2-3,5-6,15,22H,4,7-14H2,1H3,(H,26,27)/t22-/m0/s1. The van der Waals surface area contributed by atoms with Crippen molar-refractivity contribution in [2.24, 2.45) is 0 Å². The predicted molar refractivity (Wildman–Crippen MR) is 132 cm³/mol. The molecular formula is C25H28N6O3S. The summed E-state index contributed by atoms with van der Waals surface area (Å²) in [5.74, 6) is 0.775. The summed E-state index contributed by atoms with van der Waals surface area (Å²) in [5, 5.41) is 0.857. The second-order valence-electron chi connectivity index (χ2n) is 9.02. The second-order valence-corrected chi connectivity index (χ2v) is 10.1. The number of nitrogens with zero attached hydrogens (tertiary/aromatic N) is 5. The Balaban J connectivity index is 1.24. The van der Waals surface area contributed by atoms with Crippen LogP contribution in [0.1, 0.15) is 51.0 Å². The first-order valence-corrected chi connectivity index (χ1v) is 12.9. The van der Waals surface area contributed by atoms with Crippen molar-refractivity contribution >= 4 is 27.5 Å². The number of ether oxygens (including phenoxy) is 1. The molecule has 2 aliphatic rings. The van der Waals surface area contributed by atoms with Gasteiger partial charge in [-0.3, -0.25) is 9.69 Å². The molecule has 182 valence electrons. The molecule has 0 saturated carbocycles. The fourth-order valence-corrected chi connectivity index (χ4v) is 6.00. The lowest BCUT2D eigenvalue weighted by atomic mass is 10.0. The van der Waals surface area contributed by atoms with Crippen LogP contribution in [0.15, 0.2) is 35.0 Å². The van der Waals surface area contributed by atoms with Gasteiger partial charge in [0.15, 0.2) is 5.89 Å². The van der Waals surface area contributed by atoms with Crippen LogP contribution in [0.4, 0.5) is 0 Å². The van der Waals surface area contributed by atoms with Gasteiger partial charge in [0.25, 0.3) is 5.91 Å². The molecule has 6 rings (SSSR count). The number of aryl methyl sites for hydroxylation is 2. The third-order valence-corrected chi connectivity index (χ3v) is 7.82. The number of hydrogen-bond acceptors (Lipinski definition) is 8. The highest BCUT2D eigenvalue weighted by atomic mass is 32.1. The van der Waals surface area contributed by atoms with E-state index in [2.05, 4.69) is 25.9 Å². The highest BCUT2D eigenvalue weighted by molar-refractivity contribution is 7.18. The molecule has 35 heavy (non-hydrogen) atoms. The molecule has 5 heterocycles. The molecule has 0 bridgehead atoms. The number of amides is 1. The summed E-state index contributed by atoms with van der Waals surface area (Å²) in [5.41, 5.74) is 3.47. The molecule has 0 unspecified atom stereocenters. The average molecular weight is 493 g/mol. The van der Waals surface area contributed by atoms with Crippen LogP contribution in [0.2, 0.25) is 0 Å². The van der Waals surface area contributed by atoms with Gasteiger partial charge in [-0.25, -0.2) is 15.0 Å². The van der Waals surface area contributed by atoms with Crippen molar-refractivity contribution in [3.05, 3.63) is 64.3 Å². The van der Waals surface area contributed by atoms with E-state index in [1.165, 1.54) is 0 Å². The number of thiazole rings is 1. The summed E-state index contributed by atoms with van der Waals surface area (Å²) in [6, 6.07) is 7.69. The number of morpholine rings is 1. The lowest BCUT2D eigenvalue weighted by molar-refractivity contribution is 0.0372. The number of fused-ring (bicyclic) bond motifs is 2. The summed E-state index contributed by atoms with van der Waals surface area (Å²) in [4.78, 5) is 35.3. The van der Waals surface area contributed by atoms with E-state index in [4.69, 9.17) is 14.1 Å². The summed E-state index contributed by atoms with van der Waals surface area (Å²) in [7, 11) is 0. The van der Waals surface area contributed by atoms with E-state index in [1.54, 1.807) is 17.7 Å². The van der Waals surface area contributed by atoms with Crippen LogP contribution in [-0.4, -0.2) is 75.0 Å². The fourth-order valence-electron chi connectivity index (χ4n) is 4.92. The van der Waals surface area contributed by atoms with E-state index in [0.717, 1.165) is 65.9 Å². The van der Waals surface area contributed by atoms with Gasteiger partial charge < -0.3 is 19.0 Å². The highest BCUT2D eigenvalue weighted by Crippen LogP contribution is 2.38. The quantitative estimate of drug-likeness (QED) is 0.440.